The molecule has 1 rings (SSSR count). The van der Waals surface area contributed by atoms with Gasteiger partial charge in [0.15, 0.2) is 0 Å². The maximum Gasteiger partial charge on any atom is 0.410 e. The maximum absolute atomic E-state index is 12.1. The Morgan fingerprint density at radius 2 is 1.85 bits per heavy atom. The minimum atomic E-state index is -0.551. The van der Waals surface area contributed by atoms with Crippen molar-refractivity contribution in [2.45, 2.75) is 45.8 Å². The van der Waals surface area contributed by atoms with Gasteiger partial charge < -0.3 is 14.4 Å². The molecular formula is C16H23NO3. The first-order valence-corrected chi connectivity index (χ1v) is 6.70. The van der Waals surface area contributed by atoms with Crippen LogP contribution in [0.1, 0.15) is 44.4 Å². The van der Waals surface area contributed by atoms with Crippen molar-refractivity contribution in [1.82, 2.24) is 4.90 Å². The second kappa shape index (κ2) is 6.55. The number of ether oxygens (including phenoxy) is 1. The summed E-state index contributed by atoms with van der Waals surface area (Å²) in [5.74, 6) is 0. The Hall–Kier alpha value is -1.84. The minimum Gasteiger partial charge on any atom is -0.444 e. The van der Waals surface area contributed by atoms with E-state index in [0.29, 0.717) is 0 Å². The highest BCUT2D eigenvalue weighted by atomic mass is 16.6. The second-order valence-electron chi connectivity index (χ2n) is 5.92. The van der Waals surface area contributed by atoms with Gasteiger partial charge >= 0.3 is 6.09 Å². The predicted octanol–water partition coefficient (Wildman–Crippen LogP) is 3.49. The number of rotatable bonds is 4. The number of carbonyl (C=O) groups excluding carboxylic acids is 2. The SMILES string of the molecule is Cc1ccc(C(CC=O)N(C)C(=O)OC(C)(C)C)cc1. The molecule has 0 bridgehead atoms. The van der Waals surface area contributed by atoms with Crippen LogP contribution in [0.15, 0.2) is 24.3 Å². The van der Waals surface area contributed by atoms with Crippen LogP contribution >= 0.6 is 0 Å². The molecule has 0 spiro atoms. The Morgan fingerprint density at radius 3 is 2.30 bits per heavy atom. The number of aryl methyl sites for hydroxylation is 1. The first-order chi connectivity index (χ1) is 9.24. The summed E-state index contributed by atoms with van der Waals surface area (Å²) in [6.45, 7) is 7.45. The third-order valence-electron chi connectivity index (χ3n) is 2.93. The first-order valence-electron chi connectivity index (χ1n) is 6.70. The average Bonchev–Trinajstić information content (AvgIpc) is 2.34. The van der Waals surface area contributed by atoms with E-state index in [4.69, 9.17) is 4.74 Å². The Bertz CT molecular complexity index is 460. The lowest BCUT2D eigenvalue weighted by molar-refractivity contribution is -0.108. The molecule has 4 heteroatoms. The normalized spacial score (nSPS) is 12.7. The first kappa shape index (κ1) is 16.2. The molecule has 0 aliphatic heterocycles. The van der Waals surface area contributed by atoms with E-state index in [-0.39, 0.29) is 12.5 Å². The zero-order valence-corrected chi connectivity index (χ0v) is 12.8. The third-order valence-corrected chi connectivity index (χ3v) is 2.93. The van der Waals surface area contributed by atoms with E-state index in [1.165, 1.54) is 4.90 Å². The summed E-state index contributed by atoms with van der Waals surface area (Å²) in [5.41, 5.74) is 1.51. The highest BCUT2D eigenvalue weighted by Gasteiger charge is 2.26. The molecule has 0 saturated heterocycles. The minimum absolute atomic E-state index is 0.249. The van der Waals surface area contributed by atoms with Crippen LogP contribution in [-0.2, 0) is 9.53 Å². The highest BCUT2D eigenvalue weighted by Crippen LogP contribution is 2.24. The largest absolute Gasteiger partial charge is 0.444 e. The number of carbonyl (C=O) groups is 2. The molecule has 0 aromatic heterocycles. The lowest BCUT2D eigenvalue weighted by Crippen LogP contribution is -2.36. The standard InChI is InChI=1S/C16H23NO3/c1-12-6-8-13(9-7-12)14(10-11-18)17(5)15(19)20-16(2,3)4/h6-9,11,14H,10H2,1-5H3. The van der Waals surface area contributed by atoms with Gasteiger partial charge in [-0.05, 0) is 33.3 Å². The van der Waals surface area contributed by atoms with Crippen molar-refractivity contribution in [1.29, 1.82) is 0 Å². The summed E-state index contributed by atoms with van der Waals surface area (Å²) in [5, 5.41) is 0. The van der Waals surface area contributed by atoms with Crippen molar-refractivity contribution < 1.29 is 14.3 Å². The summed E-state index contributed by atoms with van der Waals surface area (Å²) in [6, 6.07) is 7.50. The number of amides is 1. The molecular weight excluding hydrogens is 254 g/mol. The van der Waals surface area contributed by atoms with Crippen molar-refractivity contribution in [3.05, 3.63) is 35.4 Å². The number of benzene rings is 1. The molecule has 110 valence electrons. The van der Waals surface area contributed by atoms with E-state index in [1.54, 1.807) is 7.05 Å². The molecule has 0 radical (unpaired) electrons. The molecule has 1 aromatic rings. The molecule has 0 N–H and O–H groups in total. The van der Waals surface area contributed by atoms with Crippen molar-refractivity contribution in [3.8, 4) is 0 Å². The van der Waals surface area contributed by atoms with E-state index in [1.807, 2.05) is 52.0 Å². The van der Waals surface area contributed by atoms with Crippen LogP contribution in [0.3, 0.4) is 0 Å². The van der Waals surface area contributed by atoms with Gasteiger partial charge in [-0.2, -0.15) is 0 Å². The van der Waals surface area contributed by atoms with Crippen LogP contribution in [0.5, 0.6) is 0 Å². The van der Waals surface area contributed by atoms with Crippen LogP contribution in [-0.4, -0.2) is 29.9 Å². The van der Waals surface area contributed by atoms with E-state index in [9.17, 15) is 9.59 Å². The summed E-state index contributed by atoms with van der Waals surface area (Å²) < 4.78 is 5.34. The summed E-state index contributed by atoms with van der Waals surface area (Å²) in [4.78, 5) is 24.5. The number of nitrogens with zero attached hydrogens (tertiary/aromatic N) is 1. The van der Waals surface area contributed by atoms with Gasteiger partial charge in [0, 0.05) is 13.5 Å². The fourth-order valence-electron chi connectivity index (χ4n) is 1.86. The molecule has 20 heavy (non-hydrogen) atoms. The van der Waals surface area contributed by atoms with E-state index in [2.05, 4.69) is 0 Å². The van der Waals surface area contributed by atoms with Gasteiger partial charge in [0.25, 0.3) is 0 Å². The molecule has 1 aromatic carbocycles. The summed E-state index contributed by atoms with van der Waals surface area (Å²) in [6.07, 6.45) is 0.648. The van der Waals surface area contributed by atoms with Gasteiger partial charge in [-0.1, -0.05) is 29.8 Å². The van der Waals surface area contributed by atoms with Crippen molar-refractivity contribution >= 4 is 12.4 Å². The molecule has 0 saturated carbocycles. The van der Waals surface area contributed by atoms with Gasteiger partial charge in [0.1, 0.15) is 11.9 Å². The molecule has 0 heterocycles. The number of hydrogen-bond donors (Lipinski definition) is 0. The summed E-state index contributed by atoms with van der Waals surface area (Å²) >= 11 is 0. The second-order valence-corrected chi connectivity index (χ2v) is 5.92. The average molecular weight is 277 g/mol. The van der Waals surface area contributed by atoms with Crippen molar-refractivity contribution in [2.24, 2.45) is 0 Å². The Kier molecular flexibility index (Phi) is 5.31. The lowest BCUT2D eigenvalue weighted by Gasteiger charge is -2.30. The fourth-order valence-corrected chi connectivity index (χ4v) is 1.86. The van der Waals surface area contributed by atoms with Crippen molar-refractivity contribution in [2.75, 3.05) is 7.05 Å². The summed E-state index contributed by atoms with van der Waals surface area (Å²) in [7, 11) is 1.65. The van der Waals surface area contributed by atoms with Gasteiger partial charge in [0.05, 0.1) is 6.04 Å². The van der Waals surface area contributed by atoms with Gasteiger partial charge in [-0.25, -0.2) is 4.79 Å². The molecule has 1 atom stereocenters. The zero-order valence-electron chi connectivity index (χ0n) is 12.8. The third kappa shape index (κ3) is 4.68. The van der Waals surface area contributed by atoms with Crippen LogP contribution < -0.4 is 0 Å². The Labute approximate surface area is 120 Å². The molecule has 1 amide bonds. The van der Waals surface area contributed by atoms with Crippen LogP contribution in [0, 0.1) is 6.92 Å². The van der Waals surface area contributed by atoms with Crippen LogP contribution in [0.25, 0.3) is 0 Å². The molecule has 0 fully saturated rings. The topological polar surface area (TPSA) is 46.6 Å². The monoisotopic (exact) mass is 277 g/mol. The highest BCUT2D eigenvalue weighted by molar-refractivity contribution is 5.69. The number of hydrogen-bond acceptors (Lipinski definition) is 3. The Balaban J connectivity index is 2.92. The molecule has 0 aliphatic carbocycles. The predicted molar refractivity (Wildman–Crippen MR) is 78.6 cm³/mol. The fraction of sp³-hybridized carbons (Fsp3) is 0.500. The van der Waals surface area contributed by atoms with Gasteiger partial charge in [-0.15, -0.1) is 0 Å². The smallest absolute Gasteiger partial charge is 0.410 e. The lowest BCUT2D eigenvalue weighted by atomic mass is 10.0. The van der Waals surface area contributed by atoms with E-state index < -0.39 is 11.7 Å². The maximum atomic E-state index is 12.1. The van der Waals surface area contributed by atoms with E-state index in [0.717, 1.165) is 17.4 Å². The van der Waals surface area contributed by atoms with Crippen LogP contribution in [0.2, 0.25) is 0 Å². The molecule has 1 unspecified atom stereocenters. The Morgan fingerprint density at radius 1 is 1.30 bits per heavy atom. The quantitative estimate of drug-likeness (QED) is 0.791. The van der Waals surface area contributed by atoms with Gasteiger partial charge in [-0.3, -0.25) is 0 Å². The zero-order chi connectivity index (χ0) is 15.3. The van der Waals surface area contributed by atoms with Crippen molar-refractivity contribution in [3.63, 3.8) is 0 Å². The molecule has 0 aliphatic rings. The number of aldehydes is 1. The van der Waals surface area contributed by atoms with E-state index >= 15 is 0 Å². The molecule has 4 nitrogen and oxygen atoms in total. The van der Waals surface area contributed by atoms with Crippen LogP contribution in [0.4, 0.5) is 4.79 Å². The van der Waals surface area contributed by atoms with Gasteiger partial charge in [0.2, 0.25) is 0 Å².